The predicted molar refractivity (Wildman–Crippen MR) is 80.4 cm³/mol. The van der Waals surface area contributed by atoms with E-state index in [1.165, 1.54) is 4.88 Å². The van der Waals surface area contributed by atoms with Crippen molar-refractivity contribution in [3.05, 3.63) is 19.8 Å². The van der Waals surface area contributed by atoms with Crippen LogP contribution in [0.5, 0.6) is 0 Å². The topological polar surface area (TPSA) is 38.5 Å². The van der Waals surface area contributed by atoms with Gasteiger partial charge in [-0.15, -0.1) is 11.3 Å². The Morgan fingerprint density at radius 1 is 1.67 bits per heavy atom. The van der Waals surface area contributed by atoms with E-state index in [-0.39, 0.29) is 12.1 Å². The van der Waals surface area contributed by atoms with Crippen LogP contribution in [0.4, 0.5) is 0 Å². The molecule has 0 saturated carbocycles. The molecule has 2 atom stereocenters. The van der Waals surface area contributed by atoms with Gasteiger partial charge in [0.2, 0.25) is 0 Å². The SMILES string of the molecule is CCCN1CCOC(CN)C1c1cc(Br)c(Cl)s1. The van der Waals surface area contributed by atoms with E-state index in [1.54, 1.807) is 11.3 Å². The molecule has 1 aliphatic rings. The molecule has 2 heterocycles. The van der Waals surface area contributed by atoms with Gasteiger partial charge in [0.1, 0.15) is 4.34 Å². The molecule has 2 unspecified atom stereocenters. The van der Waals surface area contributed by atoms with Gasteiger partial charge >= 0.3 is 0 Å². The molecule has 1 fully saturated rings. The zero-order valence-electron chi connectivity index (χ0n) is 10.4. The number of nitrogens with zero attached hydrogens (tertiary/aromatic N) is 1. The highest BCUT2D eigenvalue weighted by atomic mass is 79.9. The molecule has 0 aliphatic carbocycles. The van der Waals surface area contributed by atoms with Crippen LogP contribution in [0.3, 0.4) is 0 Å². The lowest BCUT2D eigenvalue weighted by atomic mass is 10.1. The standard InChI is InChI=1S/C12H18BrClN2OS/c1-2-3-16-4-5-17-9(7-15)11(16)10-6-8(13)12(14)18-10/h6,9,11H,2-5,7,15H2,1H3. The Balaban J connectivity index is 2.27. The summed E-state index contributed by atoms with van der Waals surface area (Å²) < 4.78 is 7.56. The normalized spacial score (nSPS) is 25.6. The zero-order chi connectivity index (χ0) is 13.1. The highest BCUT2D eigenvalue weighted by Crippen LogP contribution is 2.40. The smallest absolute Gasteiger partial charge is 0.107 e. The van der Waals surface area contributed by atoms with Gasteiger partial charge in [-0.05, 0) is 35.0 Å². The van der Waals surface area contributed by atoms with Crippen molar-refractivity contribution in [3.8, 4) is 0 Å². The number of morpholine rings is 1. The van der Waals surface area contributed by atoms with E-state index in [2.05, 4.69) is 33.8 Å². The first kappa shape index (κ1) is 14.8. The minimum atomic E-state index is 0.0620. The van der Waals surface area contributed by atoms with Crippen molar-refractivity contribution >= 4 is 38.9 Å². The molecule has 1 aliphatic heterocycles. The van der Waals surface area contributed by atoms with E-state index in [9.17, 15) is 0 Å². The fraction of sp³-hybridized carbons (Fsp3) is 0.667. The van der Waals surface area contributed by atoms with Crippen LogP contribution in [0.15, 0.2) is 10.5 Å². The lowest BCUT2D eigenvalue weighted by molar-refractivity contribution is -0.0664. The molecule has 102 valence electrons. The number of ether oxygens (including phenoxy) is 1. The van der Waals surface area contributed by atoms with E-state index in [1.807, 2.05) is 0 Å². The molecule has 1 aromatic heterocycles. The van der Waals surface area contributed by atoms with E-state index in [0.717, 1.165) is 34.9 Å². The number of rotatable bonds is 4. The maximum absolute atomic E-state index is 6.15. The Kier molecular flexibility index (Phi) is 5.47. The summed E-state index contributed by atoms with van der Waals surface area (Å²) >= 11 is 11.2. The van der Waals surface area contributed by atoms with Crippen molar-refractivity contribution in [1.29, 1.82) is 0 Å². The molecule has 0 radical (unpaired) electrons. The molecule has 2 N–H and O–H groups in total. The number of hydrogen-bond acceptors (Lipinski definition) is 4. The molecule has 6 heteroatoms. The first-order chi connectivity index (χ1) is 8.67. The fourth-order valence-corrected chi connectivity index (χ4v) is 4.32. The average Bonchev–Trinajstić information content (AvgIpc) is 2.69. The van der Waals surface area contributed by atoms with Crippen LogP contribution >= 0.6 is 38.9 Å². The first-order valence-corrected chi connectivity index (χ1v) is 8.16. The largest absolute Gasteiger partial charge is 0.374 e. The number of hydrogen-bond donors (Lipinski definition) is 1. The monoisotopic (exact) mass is 352 g/mol. The average molecular weight is 354 g/mol. The van der Waals surface area contributed by atoms with Crippen molar-refractivity contribution in [1.82, 2.24) is 4.90 Å². The van der Waals surface area contributed by atoms with Crippen molar-refractivity contribution in [3.63, 3.8) is 0 Å². The van der Waals surface area contributed by atoms with Crippen LogP contribution in [0, 0.1) is 0 Å². The van der Waals surface area contributed by atoms with Crippen LogP contribution in [-0.2, 0) is 4.74 Å². The van der Waals surface area contributed by atoms with Crippen molar-refractivity contribution < 1.29 is 4.74 Å². The molecular weight excluding hydrogens is 336 g/mol. The van der Waals surface area contributed by atoms with Crippen molar-refractivity contribution in [2.45, 2.75) is 25.5 Å². The van der Waals surface area contributed by atoms with Crippen molar-refractivity contribution in [2.24, 2.45) is 5.73 Å². The van der Waals surface area contributed by atoms with E-state index in [4.69, 9.17) is 22.1 Å². The summed E-state index contributed by atoms with van der Waals surface area (Å²) in [5.41, 5.74) is 5.84. The molecule has 0 aromatic carbocycles. The van der Waals surface area contributed by atoms with Gasteiger partial charge in [0.05, 0.1) is 18.8 Å². The highest BCUT2D eigenvalue weighted by molar-refractivity contribution is 9.10. The van der Waals surface area contributed by atoms with E-state index < -0.39 is 0 Å². The van der Waals surface area contributed by atoms with Gasteiger partial charge in [0, 0.05) is 22.4 Å². The second-order valence-corrected chi connectivity index (χ2v) is 6.94. The molecule has 18 heavy (non-hydrogen) atoms. The zero-order valence-corrected chi connectivity index (χ0v) is 13.5. The third-order valence-corrected chi connectivity index (χ3v) is 5.70. The second kappa shape index (κ2) is 6.68. The van der Waals surface area contributed by atoms with E-state index >= 15 is 0 Å². The third kappa shape index (κ3) is 3.08. The molecule has 3 nitrogen and oxygen atoms in total. The van der Waals surface area contributed by atoms with Crippen LogP contribution in [0.1, 0.15) is 24.3 Å². The summed E-state index contributed by atoms with van der Waals surface area (Å²) in [4.78, 5) is 3.69. The van der Waals surface area contributed by atoms with Gasteiger partial charge in [-0.1, -0.05) is 18.5 Å². The van der Waals surface area contributed by atoms with Crippen molar-refractivity contribution in [2.75, 3.05) is 26.2 Å². The molecule has 2 rings (SSSR count). The van der Waals surface area contributed by atoms with E-state index in [0.29, 0.717) is 6.54 Å². The van der Waals surface area contributed by atoms with Gasteiger partial charge < -0.3 is 10.5 Å². The molecular formula is C12H18BrClN2OS. The molecule has 1 saturated heterocycles. The van der Waals surface area contributed by atoms with Gasteiger partial charge in [-0.3, -0.25) is 4.90 Å². The lowest BCUT2D eigenvalue weighted by Crippen LogP contribution is -2.48. The molecule has 0 bridgehead atoms. The minimum absolute atomic E-state index is 0.0620. The van der Waals surface area contributed by atoms with Gasteiger partial charge in [0.15, 0.2) is 0 Å². The van der Waals surface area contributed by atoms with Gasteiger partial charge in [-0.2, -0.15) is 0 Å². The summed E-state index contributed by atoms with van der Waals surface area (Å²) in [5, 5.41) is 0. The fourth-order valence-electron chi connectivity index (χ4n) is 2.39. The first-order valence-electron chi connectivity index (χ1n) is 6.17. The number of halogens is 2. The summed E-state index contributed by atoms with van der Waals surface area (Å²) in [6.45, 7) is 5.53. The number of thiophene rings is 1. The second-order valence-electron chi connectivity index (χ2n) is 4.40. The maximum atomic E-state index is 6.15. The predicted octanol–water partition coefficient (Wildman–Crippen LogP) is 3.27. The van der Waals surface area contributed by atoms with Crippen LogP contribution in [0.2, 0.25) is 4.34 Å². The number of nitrogens with two attached hydrogens (primary N) is 1. The van der Waals surface area contributed by atoms with Crippen LogP contribution in [-0.4, -0.2) is 37.2 Å². The summed E-state index contributed by atoms with van der Waals surface area (Å²) in [6, 6.07) is 2.33. The molecule has 1 aromatic rings. The highest BCUT2D eigenvalue weighted by Gasteiger charge is 2.33. The quantitative estimate of drug-likeness (QED) is 0.903. The van der Waals surface area contributed by atoms with Gasteiger partial charge in [-0.25, -0.2) is 0 Å². The maximum Gasteiger partial charge on any atom is 0.107 e. The third-order valence-electron chi connectivity index (χ3n) is 3.15. The Bertz CT molecular complexity index is 380. The molecule has 0 amide bonds. The Hall–Kier alpha value is 0.350. The Morgan fingerprint density at radius 3 is 3.00 bits per heavy atom. The molecule has 0 spiro atoms. The van der Waals surface area contributed by atoms with Crippen LogP contribution < -0.4 is 5.73 Å². The Morgan fingerprint density at radius 2 is 2.44 bits per heavy atom. The van der Waals surface area contributed by atoms with Gasteiger partial charge in [0.25, 0.3) is 0 Å². The minimum Gasteiger partial charge on any atom is -0.374 e. The Labute approximate surface area is 125 Å². The van der Waals surface area contributed by atoms with Crippen LogP contribution in [0.25, 0.3) is 0 Å². The summed E-state index contributed by atoms with van der Waals surface area (Å²) in [5.74, 6) is 0. The lowest BCUT2D eigenvalue weighted by Gasteiger charge is -2.40. The summed E-state index contributed by atoms with van der Waals surface area (Å²) in [6.07, 6.45) is 1.19. The summed E-state index contributed by atoms with van der Waals surface area (Å²) in [7, 11) is 0.